The third-order valence-corrected chi connectivity index (χ3v) is 9.08. The number of hydrogen-bond donors (Lipinski definition) is 0. The molecule has 8 aromatic carbocycles. The lowest BCUT2D eigenvalue weighted by molar-refractivity contribution is 1.67. The molecule has 0 aliphatic carbocycles. The van der Waals surface area contributed by atoms with Gasteiger partial charge in [0.05, 0.1) is 0 Å². The molecule has 0 unspecified atom stereocenters. The highest BCUT2D eigenvalue weighted by Gasteiger charge is 2.19. The highest BCUT2D eigenvalue weighted by Crippen LogP contribution is 2.47. The first-order chi connectivity index (χ1) is 19.6. The molecule has 0 bridgehead atoms. The summed E-state index contributed by atoms with van der Waals surface area (Å²) < 4.78 is 2.20. The Morgan fingerprint density at radius 1 is 0.325 bits per heavy atom. The van der Waals surface area contributed by atoms with Crippen molar-refractivity contribution in [3.63, 3.8) is 0 Å². The summed E-state index contributed by atoms with van der Waals surface area (Å²) in [5.74, 6) is 0. The van der Waals surface area contributed by atoms with Crippen LogP contribution in [-0.2, 0) is 0 Å². The van der Waals surface area contributed by atoms with Gasteiger partial charge in [0.15, 0.2) is 0 Å². The van der Waals surface area contributed by atoms with E-state index in [0.29, 0.717) is 0 Å². The average molecular weight is 638 g/mol. The molecule has 0 atom stereocenters. The minimum Gasteiger partial charge on any atom is -0.0616 e. The van der Waals surface area contributed by atoms with Crippen LogP contribution in [0.3, 0.4) is 0 Å². The van der Waals surface area contributed by atoms with Gasteiger partial charge in [0, 0.05) is 8.95 Å². The Labute approximate surface area is 249 Å². The van der Waals surface area contributed by atoms with Crippen LogP contribution < -0.4 is 0 Å². The molecule has 2 heteroatoms. The third-order valence-electron chi connectivity index (χ3n) is 8.10. The van der Waals surface area contributed by atoms with E-state index in [4.69, 9.17) is 0 Å². The SMILES string of the molecule is Brc1ccc2cc(-c3c4ccccc4c(-c4ccc5cc(Br)ccc5c4)c4c3ccc3ccccc34)ccc2c1. The van der Waals surface area contributed by atoms with Crippen LogP contribution in [0.2, 0.25) is 0 Å². The maximum atomic E-state index is 3.63. The Hall–Kier alpha value is -3.98. The monoisotopic (exact) mass is 636 g/mol. The van der Waals surface area contributed by atoms with E-state index in [1.54, 1.807) is 0 Å². The van der Waals surface area contributed by atoms with Crippen LogP contribution in [-0.4, -0.2) is 0 Å². The van der Waals surface area contributed by atoms with Crippen molar-refractivity contribution in [1.29, 1.82) is 0 Å². The smallest absolute Gasteiger partial charge is 0.0181 e. The van der Waals surface area contributed by atoms with E-state index in [-0.39, 0.29) is 0 Å². The van der Waals surface area contributed by atoms with Gasteiger partial charge in [-0.25, -0.2) is 0 Å². The van der Waals surface area contributed by atoms with E-state index in [1.807, 2.05) is 0 Å². The van der Waals surface area contributed by atoms with E-state index in [2.05, 4.69) is 165 Å². The number of halogens is 2. The summed E-state index contributed by atoms with van der Waals surface area (Å²) in [5, 5.41) is 12.6. The van der Waals surface area contributed by atoms with Gasteiger partial charge in [-0.3, -0.25) is 0 Å². The molecule has 0 aliphatic heterocycles. The Morgan fingerprint density at radius 2 is 0.800 bits per heavy atom. The van der Waals surface area contributed by atoms with Crippen LogP contribution in [0.5, 0.6) is 0 Å². The second kappa shape index (κ2) is 9.30. The van der Waals surface area contributed by atoms with E-state index < -0.39 is 0 Å². The van der Waals surface area contributed by atoms with Crippen molar-refractivity contribution in [1.82, 2.24) is 0 Å². The minimum absolute atomic E-state index is 1.10. The van der Waals surface area contributed by atoms with E-state index in [0.717, 1.165) is 8.95 Å². The van der Waals surface area contributed by atoms with Gasteiger partial charge < -0.3 is 0 Å². The van der Waals surface area contributed by atoms with E-state index in [9.17, 15) is 0 Å². The van der Waals surface area contributed by atoms with Crippen molar-refractivity contribution in [3.05, 3.63) is 142 Å². The molecular weight excluding hydrogens is 616 g/mol. The second-order valence-electron chi connectivity index (χ2n) is 10.4. The van der Waals surface area contributed by atoms with Gasteiger partial charge in [-0.1, -0.05) is 129 Å². The topological polar surface area (TPSA) is 0 Å². The fourth-order valence-electron chi connectivity index (χ4n) is 6.30. The van der Waals surface area contributed by atoms with Gasteiger partial charge in [-0.15, -0.1) is 0 Å². The van der Waals surface area contributed by atoms with Crippen LogP contribution in [0.1, 0.15) is 0 Å². The Morgan fingerprint density at radius 3 is 1.45 bits per heavy atom. The van der Waals surface area contributed by atoms with Crippen molar-refractivity contribution in [2.75, 3.05) is 0 Å². The van der Waals surface area contributed by atoms with Crippen molar-refractivity contribution in [3.8, 4) is 22.3 Å². The van der Waals surface area contributed by atoms with Gasteiger partial charge in [-0.05, 0) is 113 Å². The van der Waals surface area contributed by atoms with Crippen LogP contribution >= 0.6 is 31.9 Å². The molecule has 0 fully saturated rings. The molecule has 0 spiro atoms. The van der Waals surface area contributed by atoms with Gasteiger partial charge in [0.1, 0.15) is 0 Å². The van der Waals surface area contributed by atoms with Crippen molar-refractivity contribution in [2.45, 2.75) is 0 Å². The maximum Gasteiger partial charge on any atom is 0.0181 e. The Bertz CT molecular complexity index is 2300. The fraction of sp³-hybridized carbons (Fsp3) is 0. The number of benzene rings is 8. The Kier molecular flexibility index (Phi) is 5.55. The molecule has 0 nitrogen and oxygen atoms in total. The standard InChI is InChI=1S/C38H22Br2/c39-30-16-13-24-19-28(11-9-26(24)21-30)36-33-7-3-4-8-34(33)37(29-12-10-27-22-31(40)17-14-25(27)20-29)38-32-6-2-1-5-23(32)15-18-35(36)38/h1-22H. The predicted octanol–water partition coefficient (Wildman–Crippen LogP) is 12.3. The van der Waals surface area contributed by atoms with Crippen molar-refractivity contribution < 1.29 is 0 Å². The minimum atomic E-state index is 1.10. The summed E-state index contributed by atoms with van der Waals surface area (Å²) in [6.07, 6.45) is 0. The zero-order valence-electron chi connectivity index (χ0n) is 21.5. The molecule has 0 saturated carbocycles. The molecular formula is C38H22Br2. The normalized spacial score (nSPS) is 11.8. The maximum absolute atomic E-state index is 3.63. The van der Waals surface area contributed by atoms with Crippen LogP contribution in [0.15, 0.2) is 142 Å². The molecule has 8 rings (SSSR count). The molecule has 0 N–H and O–H groups in total. The third kappa shape index (κ3) is 3.78. The highest BCUT2D eigenvalue weighted by atomic mass is 79.9. The summed E-state index contributed by atoms with van der Waals surface area (Å²) in [4.78, 5) is 0. The van der Waals surface area contributed by atoms with Crippen LogP contribution in [0, 0.1) is 0 Å². The van der Waals surface area contributed by atoms with Gasteiger partial charge in [0.2, 0.25) is 0 Å². The van der Waals surface area contributed by atoms with Crippen molar-refractivity contribution in [2.24, 2.45) is 0 Å². The zero-order chi connectivity index (χ0) is 26.8. The fourth-order valence-corrected chi connectivity index (χ4v) is 7.06. The van der Waals surface area contributed by atoms with Gasteiger partial charge >= 0.3 is 0 Å². The molecule has 0 amide bonds. The molecule has 0 aromatic heterocycles. The summed E-state index contributed by atoms with van der Waals surface area (Å²) >= 11 is 7.26. The molecule has 0 radical (unpaired) electrons. The highest BCUT2D eigenvalue weighted by molar-refractivity contribution is 9.10. The number of rotatable bonds is 2. The summed E-state index contributed by atoms with van der Waals surface area (Å²) in [5.41, 5.74) is 5.05. The van der Waals surface area contributed by atoms with E-state index in [1.165, 1.54) is 76.1 Å². The molecule has 188 valence electrons. The number of fused-ring (bicyclic) bond motifs is 6. The summed E-state index contributed by atoms with van der Waals surface area (Å²) in [6, 6.07) is 49.0. The predicted molar refractivity (Wildman–Crippen MR) is 180 cm³/mol. The lowest BCUT2D eigenvalue weighted by atomic mass is 9.83. The van der Waals surface area contributed by atoms with Crippen molar-refractivity contribution >= 4 is 85.7 Å². The lowest BCUT2D eigenvalue weighted by Crippen LogP contribution is -1.92. The van der Waals surface area contributed by atoms with Crippen LogP contribution in [0.4, 0.5) is 0 Å². The van der Waals surface area contributed by atoms with Gasteiger partial charge in [0.25, 0.3) is 0 Å². The van der Waals surface area contributed by atoms with Crippen LogP contribution in [0.25, 0.3) is 76.1 Å². The molecule has 0 heterocycles. The molecule has 8 aromatic rings. The lowest BCUT2D eigenvalue weighted by Gasteiger charge is -2.20. The molecule has 40 heavy (non-hydrogen) atoms. The first-order valence-corrected chi connectivity index (χ1v) is 15.0. The first kappa shape index (κ1) is 23.9. The average Bonchev–Trinajstić information content (AvgIpc) is 2.99. The first-order valence-electron chi connectivity index (χ1n) is 13.4. The number of hydrogen-bond acceptors (Lipinski definition) is 0. The second-order valence-corrected chi connectivity index (χ2v) is 12.2. The summed E-state index contributed by atoms with van der Waals surface area (Å²) in [6.45, 7) is 0. The van der Waals surface area contributed by atoms with E-state index >= 15 is 0 Å². The Balaban J connectivity index is 1.55. The van der Waals surface area contributed by atoms with Gasteiger partial charge in [-0.2, -0.15) is 0 Å². The quantitative estimate of drug-likeness (QED) is 0.131. The molecule has 0 saturated heterocycles. The largest absolute Gasteiger partial charge is 0.0616 e. The molecule has 0 aliphatic rings. The summed E-state index contributed by atoms with van der Waals surface area (Å²) in [7, 11) is 0. The zero-order valence-corrected chi connectivity index (χ0v) is 24.6.